The number of hydrogen-bond donors (Lipinski definition) is 2. The van der Waals surface area contributed by atoms with Crippen LogP contribution in [0.3, 0.4) is 0 Å². The predicted octanol–water partition coefficient (Wildman–Crippen LogP) is 3.05. The van der Waals surface area contributed by atoms with E-state index in [1.165, 1.54) is 0 Å². The number of amides is 1. The average molecular weight is 314 g/mol. The second-order valence-corrected chi connectivity index (χ2v) is 5.35. The fourth-order valence-corrected chi connectivity index (χ4v) is 2.55. The van der Waals surface area contributed by atoms with Crippen LogP contribution in [0.15, 0.2) is 60.2 Å². The summed E-state index contributed by atoms with van der Waals surface area (Å²) in [5.41, 5.74) is 1.22. The van der Waals surface area contributed by atoms with Gasteiger partial charge in [0.05, 0.1) is 11.6 Å². The van der Waals surface area contributed by atoms with E-state index in [9.17, 15) is 14.7 Å². The van der Waals surface area contributed by atoms with Crippen LogP contribution >= 0.6 is 11.6 Å². The van der Waals surface area contributed by atoms with E-state index in [2.05, 4.69) is 5.32 Å². The molecule has 0 aliphatic carbocycles. The molecule has 4 nitrogen and oxygen atoms in total. The Labute approximate surface area is 132 Å². The third-order valence-electron chi connectivity index (χ3n) is 3.52. The Hall–Kier alpha value is -2.59. The van der Waals surface area contributed by atoms with E-state index < -0.39 is 17.7 Å². The van der Waals surface area contributed by atoms with Gasteiger partial charge in [-0.2, -0.15) is 0 Å². The van der Waals surface area contributed by atoms with Gasteiger partial charge in [0.25, 0.3) is 11.7 Å². The zero-order valence-electron chi connectivity index (χ0n) is 11.4. The quantitative estimate of drug-likeness (QED) is 0.509. The lowest BCUT2D eigenvalue weighted by molar-refractivity contribution is -0.133. The third-order valence-corrected chi connectivity index (χ3v) is 3.77. The van der Waals surface area contributed by atoms with Crippen molar-refractivity contribution in [2.24, 2.45) is 0 Å². The van der Waals surface area contributed by atoms with Crippen LogP contribution in [0.5, 0.6) is 0 Å². The molecule has 1 amide bonds. The molecule has 1 heterocycles. The molecule has 0 saturated carbocycles. The number of benzene rings is 2. The van der Waals surface area contributed by atoms with Gasteiger partial charge in [0, 0.05) is 10.6 Å². The van der Waals surface area contributed by atoms with Crippen LogP contribution in [0.2, 0.25) is 5.02 Å². The van der Waals surface area contributed by atoms with Crippen LogP contribution in [-0.4, -0.2) is 16.8 Å². The first-order valence-corrected chi connectivity index (χ1v) is 7.05. The van der Waals surface area contributed by atoms with Crippen molar-refractivity contribution in [2.75, 3.05) is 0 Å². The topological polar surface area (TPSA) is 66.4 Å². The Morgan fingerprint density at radius 1 is 1.00 bits per heavy atom. The SMILES string of the molecule is O=C1N[C@@H](c2ccccc2)/C(=C(\O)c2ccc(Cl)cc2)C1=O. The van der Waals surface area contributed by atoms with Gasteiger partial charge < -0.3 is 10.4 Å². The minimum absolute atomic E-state index is 0.0542. The van der Waals surface area contributed by atoms with Crippen molar-refractivity contribution in [3.05, 3.63) is 76.3 Å². The predicted molar refractivity (Wildman–Crippen MR) is 83.3 cm³/mol. The van der Waals surface area contributed by atoms with E-state index in [0.717, 1.165) is 5.56 Å². The van der Waals surface area contributed by atoms with E-state index >= 15 is 0 Å². The summed E-state index contributed by atoms with van der Waals surface area (Å²) in [6, 6.07) is 14.8. The van der Waals surface area contributed by atoms with Gasteiger partial charge in [0.1, 0.15) is 5.76 Å². The van der Waals surface area contributed by atoms with E-state index in [4.69, 9.17) is 11.6 Å². The normalized spacial score (nSPS) is 20.0. The Morgan fingerprint density at radius 2 is 1.64 bits per heavy atom. The van der Waals surface area contributed by atoms with E-state index in [0.29, 0.717) is 10.6 Å². The molecule has 1 saturated heterocycles. The maximum atomic E-state index is 12.1. The van der Waals surface area contributed by atoms with Crippen molar-refractivity contribution in [1.82, 2.24) is 5.32 Å². The number of aliphatic hydroxyl groups excluding tert-OH is 1. The largest absolute Gasteiger partial charge is 0.507 e. The molecule has 1 atom stereocenters. The smallest absolute Gasteiger partial charge is 0.293 e. The van der Waals surface area contributed by atoms with Crippen LogP contribution in [0.1, 0.15) is 17.2 Å². The number of Topliss-reactive ketones (excluding diaryl/α,β-unsaturated/α-hetero) is 1. The van der Waals surface area contributed by atoms with Crippen LogP contribution in [0.25, 0.3) is 5.76 Å². The fourth-order valence-electron chi connectivity index (χ4n) is 2.43. The number of hydrogen-bond acceptors (Lipinski definition) is 3. The van der Waals surface area contributed by atoms with Crippen molar-refractivity contribution in [3.63, 3.8) is 0 Å². The summed E-state index contributed by atoms with van der Waals surface area (Å²) in [7, 11) is 0. The Balaban J connectivity index is 2.11. The lowest BCUT2D eigenvalue weighted by Crippen LogP contribution is -2.21. The molecular formula is C17H12ClNO3. The van der Waals surface area contributed by atoms with Gasteiger partial charge in [-0.3, -0.25) is 9.59 Å². The molecule has 0 aromatic heterocycles. The molecule has 0 unspecified atom stereocenters. The first-order chi connectivity index (χ1) is 10.6. The van der Waals surface area contributed by atoms with E-state index in [-0.39, 0.29) is 11.3 Å². The molecular weight excluding hydrogens is 302 g/mol. The molecule has 2 N–H and O–H groups in total. The Bertz CT molecular complexity index is 766. The van der Waals surface area contributed by atoms with Gasteiger partial charge in [0.15, 0.2) is 0 Å². The number of ketones is 1. The molecule has 0 spiro atoms. The van der Waals surface area contributed by atoms with Gasteiger partial charge in [-0.15, -0.1) is 0 Å². The fraction of sp³-hybridized carbons (Fsp3) is 0.0588. The summed E-state index contributed by atoms with van der Waals surface area (Å²) in [6.45, 7) is 0. The molecule has 22 heavy (non-hydrogen) atoms. The number of carbonyl (C=O) groups excluding carboxylic acids is 2. The van der Waals surface area contributed by atoms with Crippen molar-refractivity contribution >= 4 is 29.1 Å². The van der Waals surface area contributed by atoms with Gasteiger partial charge >= 0.3 is 0 Å². The average Bonchev–Trinajstić information content (AvgIpc) is 2.84. The van der Waals surface area contributed by atoms with Crippen molar-refractivity contribution < 1.29 is 14.7 Å². The lowest BCUT2D eigenvalue weighted by atomic mass is 9.96. The molecule has 110 valence electrons. The number of carbonyl (C=O) groups is 2. The minimum Gasteiger partial charge on any atom is -0.507 e. The summed E-state index contributed by atoms with van der Waals surface area (Å²) >= 11 is 5.82. The van der Waals surface area contributed by atoms with Crippen LogP contribution < -0.4 is 5.32 Å². The highest BCUT2D eigenvalue weighted by Gasteiger charge is 2.39. The zero-order valence-corrected chi connectivity index (χ0v) is 12.2. The van der Waals surface area contributed by atoms with Gasteiger partial charge in [0.2, 0.25) is 0 Å². The first kappa shape index (κ1) is 14.4. The minimum atomic E-state index is -0.721. The van der Waals surface area contributed by atoms with Crippen molar-refractivity contribution in [3.8, 4) is 0 Å². The molecule has 2 aromatic rings. The van der Waals surface area contributed by atoms with E-state index in [1.807, 2.05) is 6.07 Å². The summed E-state index contributed by atoms with van der Waals surface area (Å²) in [6.07, 6.45) is 0. The number of nitrogens with one attached hydrogen (secondary N) is 1. The second kappa shape index (κ2) is 5.66. The maximum absolute atomic E-state index is 12.1. The molecule has 1 fully saturated rings. The second-order valence-electron chi connectivity index (χ2n) is 4.92. The summed E-state index contributed by atoms with van der Waals surface area (Å²) < 4.78 is 0. The van der Waals surface area contributed by atoms with Gasteiger partial charge in [-0.1, -0.05) is 41.9 Å². The first-order valence-electron chi connectivity index (χ1n) is 6.67. The number of aliphatic hydroxyl groups is 1. The van der Waals surface area contributed by atoms with Gasteiger partial charge in [-0.05, 0) is 29.8 Å². The lowest BCUT2D eigenvalue weighted by Gasteiger charge is -2.13. The third kappa shape index (κ3) is 2.49. The summed E-state index contributed by atoms with van der Waals surface area (Å²) in [4.78, 5) is 23.8. The van der Waals surface area contributed by atoms with Crippen LogP contribution in [0, 0.1) is 0 Å². The number of rotatable bonds is 2. The monoisotopic (exact) mass is 313 g/mol. The van der Waals surface area contributed by atoms with E-state index in [1.54, 1.807) is 48.5 Å². The molecule has 0 bridgehead atoms. The van der Waals surface area contributed by atoms with Crippen molar-refractivity contribution in [1.29, 1.82) is 0 Å². The number of halogens is 1. The highest BCUT2D eigenvalue weighted by atomic mass is 35.5. The summed E-state index contributed by atoms with van der Waals surface area (Å²) in [5, 5.41) is 13.6. The Morgan fingerprint density at radius 3 is 2.27 bits per heavy atom. The molecule has 0 radical (unpaired) electrons. The highest BCUT2D eigenvalue weighted by molar-refractivity contribution is 6.46. The zero-order chi connectivity index (χ0) is 15.7. The van der Waals surface area contributed by atoms with Gasteiger partial charge in [-0.25, -0.2) is 0 Å². The standard InChI is InChI=1S/C17H12ClNO3/c18-12-8-6-11(7-9-12)15(20)13-14(19-17(22)16(13)21)10-4-2-1-3-5-10/h1-9,14,20H,(H,19,22)/b15-13+/t14-/m0/s1. The van der Waals surface area contributed by atoms with Crippen molar-refractivity contribution in [2.45, 2.75) is 6.04 Å². The molecule has 1 aliphatic heterocycles. The Kier molecular flexibility index (Phi) is 3.69. The molecule has 1 aliphatic rings. The molecule has 5 heteroatoms. The van der Waals surface area contributed by atoms with Crippen LogP contribution in [0.4, 0.5) is 0 Å². The molecule has 2 aromatic carbocycles. The van der Waals surface area contributed by atoms with Crippen LogP contribution in [-0.2, 0) is 9.59 Å². The molecule has 3 rings (SSSR count). The highest BCUT2D eigenvalue weighted by Crippen LogP contribution is 2.32. The maximum Gasteiger partial charge on any atom is 0.293 e. The summed E-state index contributed by atoms with van der Waals surface area (Å²) in [5.74, 6) is -1.65.